The van der Waals surface area contributed by atoms with Gasteiger partial charge in [0.05, 0.1) is 11.6 Å². The van der Waals surface area contributed by atoms with Gasteiger partial charge in [-0.25, -0.2) is 0 Å². The number of nitrogens with one attached hydrogen (secondary N) is 2. The molecule has 0 saturated heterocycles. The van der Waals surface area contributed by atoms with Crippen molar-refractivity contribution in [3.05, 3.63) is 64.1 Å². The lowest BCUT2D eigenvalue weighted by molar-refractivity contribution is -0.129. The number of ether oxygens (including phenoxy) is 1. The highest BCUT2D eigenvalue weighted by Gasteiger charge is 2.06. The van der Waals surface area contributed by atoms with E-state index in [1.807, 2.05) is 30.3 Å². The fourth-order valence-corrected chi connectivity index (χ4v) is 2.64. The van der Waals surface area contributed by atoms with Gasteiger partial charge in [-0.1, -0.05) is 53.5 Å². The number of hydrogen-bond acceptors (Lipinski definition) is 3. The van der Waals surface area contributed by atoms with Gasteiger partial charge in [0.15, 0.2) is 0 Å². The molecule has 138 valence electrons. The van der Waals surface area contributed by atoms with Crippen molar-refractivity contribution in [2.24, 2.45) is 0 Å². The van der Waals surface area contributed by atoms with Crippen LogP contribution < -0.4 is 15.6 Å². The molecule has 0 radical (unpaired) electrons. The SMILES string of the molecule is O=C(CCCOc1ccc(Cl)cc1Cl)NNC(=O)CCc1ccccc1. The van der Waals surface area contributed by atoms with Crippen molar-refractivity contribution in [2.75, 3.05) is 6.61 Å². The van der Waals surface area contributed by atoms with Crippen molar-refractivity contribution in [2.45, 2.75) is 25.7 Å². The van der Waals surface area contributed by atoms with E-state index in [-0.39, 0.29) is 18.2 Å². The minimum Gasteiger partial charge on any atom is -0.492 e. The van der Waals surface area contributed by atoms with E-state index in [9.17, 15) is 9.59 Å². The van der Waals surface area contributed by atoms with Crippen LogP contribution in [-0.4, -0.2) is 18.4 Å². The molecule has 2 N–H and O–H groups in total. The number of aryl methyl sites for hydroxylation is 1. The molecule has 0 aromatic heterocycles. The zero-order valence-electron chi connectivity index (χ0n) is 14.1. The normalized spacial score (nSPS) is 10.2. The van der Waals surface area contributed by atoms with Gasteiger partial charge in [0, 0.05) is 17.9 Å². The lowest BCUT2D eigenvalue weighted by Crippen LogP contribution is -2.41. The van der Waals surface area contributed by atoms with E-state index in [0.717, 1.165) is 5.56 Å². The third-order valence-corrected chi connectivity index (χ3v) is 4.06. The van der Waals surface area contributed by atoms with E-state index >= 15 is 0 Å². The van der Waals surface area contributed by atoms with E-state index < -0.39 is 0 Å². The molecule has 2 amide bonds. The molecule has 2 aromatic rings. The molecule has 5 nitrogen and oxygen atoms in total. The van der Waals surface area contributed by atoms with Gasteiger partial charge in [0.1, 0.15) is 5.75 Å². The van der Waals surface area contributed by atoms with Gasteiger partial charge < -0.3 is 4.74 Å². The maximum Gasteiger partial charge on any atom is 0.238 e. The first kappa shape index (κ1) is 20.1. The molecule has 0 bridgehead atoms. The number of rotatable bonds is 8. The Bertz CT molecular complexity index is 739. The average Bonchev–Trinajstić information content (AvgIpc) is 2.64. The Morgan fingerprint density at radius 3 is 2.31 bits per heavy atom. The van der Waals surface area contributed by atoms with Crippen molar-refractivity contribution < 1.29 is 14.3 Å². The second-order valence-corrected chi connectivity index (χ2v) is 6.45. The Morgan fingerprint density at radius 1 is 0.923 bits per heavy atom. The van der Waals surface area contributed by atoms with Crippen molar-refractivity contribution in [1.82, 2.24) is 10.9 Å². The van der Waals surface area contributed by atoms with Crippen LogP contribution in [0.25, 0.3) is 0 Å². The smallest absolute Gasteiger partial charge is 0.238 e. The molecule has 0 heterocycles. The summed E-state index contributed by atoms with van der Waals surface area (Å²) in [6.07, 6.45) is 1.65. The van der Waals surface area contributed by atoms with Crippen LogP contribution in [0, 0.1) is 0 Å². The number of halogens is 2. The first-order valence-electron chi connectivity index (χ1n) is 8.24. The minimum absolute atomic E-state index is 0.226. The maximum atomic E-state index is 11.7. The summed E-state index contributed by atoms with van der Waals surface area (Å²) in [7, 11) is 0. The molecule has 26 heavy (non-hydrogen) atoms. The summed E-state index contributed by atoms with van der Waals surface area (Å²) < 4.78 is 5.50. The summed E-state index contributed by atoms with van der Waals surface area (Å²) in [5, 5.41) is 0.956. The lowest BCUT2D eigenvalue weighted by atomic mass is 10.1. The summed E-state index contributed by atoms with van der Waals surface area (Å²) in [4.78, 5) is 23.4. The topological polar surface area (TPSA) is 67.4 Å². The van der Waals surface area contributed by atoms with E-state index in [1.165, 1.54) is 0 Å². The largest absolute Gasteiger partial charge is 0.492 e. The number of hydrazine groups is 1. The Morgan fingerprint density at radius 2 is 1.62 bits per heavy atom. The number of amides is 2. The van der Waals surface area contributed by atoms with Crippen LogP contribution in [0.3, 0.4) is 0 Å². The van der Waals surface area contributed by atoms with E-state index in [2.05, 4.69) is 10.9 Å². The second-order valence-electron chi connectivity index (χ2n) is 5.61. The summed E-state index contributed by atoms with van der Waals surface area (Å²) >= 11 is 11.8. The molecule has 7 heteroatoms. The van der Waals surface area contributed by atoms with E-state index in [4.69, 9.17) is 27.9 Å². The quantitative estimate of drug-likeness (QED) is 0.526. The summed E-state index contributed by atoms with van der Waals surface area (Å²) in [5.41, 5.74) is 5.89. The molecular formula is C19H20Cl2N2O3. The molecule has 0 atom stereocenters. The monoisotopic (exact) mass is 394 g/mol. The zero-order valence-corrected chi connectivity index (χ0v) is 15.6. The molecule has 2 rings (SSSR count). The first-order valence-corrected chi connectivity index (χ1v) is 8.99. The van der Waals surface area contributed by atoms with Gasteiger partial charge in [-0.05, 0) is 36.6 Å². The Balaban J connectivity index is 1.57. The highest BCUT2D eigenvalue weighted by Crippen LogP contribution is 2.27. The third-order valence-electron chi connectivity index (χ3n) is 3.52. The Labute approximate surface area is 162 Å². The van der Waals surface area contributed by atoms with Gasteiger partial charge in [-0.3, -0.25) is 20.4 Å². The molecule has 0 aliphatic carbocycles. The van der Waals surface area contributed by atoms with Crippen molar-refractivity contribution in [3.63, 3.8) is 0 Å². The van der Waals surface area contributed by atoms with Gasteiger partial charge in [-0.15, -0.1) is 0 Å². The van der Waals surface area contributed by atoms with Gasteiger partial charge in [0.2, 0.25) is 11.8 Å². The molecule has 0 aliphatic rings. The first-order chi connectivity index (χ1) is 12.5. The Hall–Kier alpha value is -2.24. The van der Waals surface area contributed by atoms with Crippen LogP contribution in [0.5, 0.6) is 5.75 Å². The number of hydrogen-bond donors (Lipinski definition) is 2. The highest BCUT2D eigenvalue weighted by molar-refractivity contribution is 6.35. The maximum absolute atomic E-state index is 11.7. The molecule has 2 aromatic carbocycles. The number of benzene rings is 2. The molecule has 0 spiro atoms. The van der Waals surface area contributed by atoms with Crippen molar-refractivity contribution in [1.29, 1.82) is 0 Å². The Kier molecular flexibility index (Phi) is 8.25. The average molecular weight is 395 g/mol. The van der Waals surface area contributed by atoms with Gasteiger partial charge >= 0.3 is 0 Å². The molecular weight excluding hydrogens is 375 g/mol. The predicted molar refractivity (Wildman–Crippen MR) is 102 cm³/mol. The van der Waals surface area contributed by atoms with E-state index in [0.29, 0.717) is 41.7 Å². The van der Waals surface area contributed by atoms with Crippen LogP contribution in [-0.2, 0) is 16.0 Å². The summed E-state index contributed by atoms with van der Waals surface area (Å²) in [5.74, 6) is 0.0148. The van der Waals surface area contributed by atoms with Crippen LogP contribution in [0.2, 0.25) is 10.0 Å². The fraction of sp³-hybridized carbons (Fsp3) is 0.263. The third kappa shape index (κ3) is 7.33. The fourth-order valence-electron chi connectivity index (χ4n) is 2.17. The standard InChI is InChI=1S/C19H20Cl2N2O3/c20-15-9-10-17(16(21)13-15)26-12-4-7-18(24)22-23-19(25)11-8-14-5-2-1-3-6-14/h1-3,5-6,9-10,13H,4,7-8,11-12H2,(H,22,24)(H,23,25). The number of carbonyl (C=O) groups excluding carboxylic acids is 2. The minimum atomic E-state index is -0.274. The second kappa shape index (κ2) is 10.7. The molecule has 0 aliphatic heterocycles. The molecule has 0 saturated carbocycles. The summed E-state index contributed by atoms with van der Waals surface area (Å²) in [6.45, 7) is 0.330. The lowest BCUT2D eigenvalue weighted by Gasteiger charge is -2.09. The van der Waals surface area contributed by atoms with Crippen molar-refractivity contribution in [3.8, 4) is 5.75 Å². The number of carbonyl (C=O) groups is 2. The zero-order chi connectivity index (χ0) is 18.8. The summed E-state index contributed by atoms with van der Waals surface area (Å²) in [6, 6.07) is 14.6. The van der Waals surface area contributed by atoms with Crippen LogP contribution in [0.1, 0.15) is 24.8 Å². The van der Waals surface area contributed by atoms with Gasteiger partial charge in [0.25, 0.3) is 0 Å². The highest BCUT2D eigenvalue weighted by atomic mass is 35.5. The molecule has 0 unspecified atom stereocenters. The van der Waals surface area contributed by atoms with Crippen LogP contribution in [0.15, 0.2) is 48.5 Å². The van der Waals surface area contributed by atoms with Gasteiger partial charge in [-0.2, -0.15) is 0 Å². The predicted octanol–water partition coefficient (Wildman–Crippen LogP) is 3.93. The van der Waals surface area contributed by atoms with Crippen LogP contribution >= 0.6 is 23.2 Å². The van der Waals surface area contributed by atoms with Crippen LogP contribution in [0.4, 0.5) is 0 Å². The van der Waals surface area contributed by atoms with Crippen molar-refractivity contribution >= 4 is 35.0 Å². The van der Waals surface area contributed by atoms with E-state index in [1.54, 1.807) is 18.2 Å². The molecule has 0 fully saturated rings.